The highest BCUT2D eigenvalue weighted by Gasteiger charge is 2.08. The lowest BCUT2D eigenvalue weighted by Gasteiger charge is -2.06. The van der Waals surface area contributed by atoms with Crippen molar-refractivity contribution >= 4 is 41.1 Å². The summed E-state index contributed by atoms with van der Waals surface area (Å²) in [6.45, 7) is -0.0823. The van der Waals surface area contributed by atoms with Gasteiger partial charge in [-0.1, -0.05) is 34.8 Å². The van der Waals surface area contributed by atoms with Crippen LogP contribution in [0.25, 0.3) is 0 Å². The van der Waals surface area contributed by atoms with Crippen molar-refractivity contribution in [2.75, 3.05) is 6.61 Å². The molecule has 0 saturated heterocycles. The topological polar surface area (TPSA) is 26.3 Å². The molecule has 1 rings (SSSR count). The van der Waals surface area contributed by atoms with E-state index in [1.54, 1.807) is 0 Å². The van der Waals surface area contributed by atoms with Crippen molar-refractivity contribution < 1.29 is 9.53 Å². The minimum atomic E-state index is -0.0823. The van der Waals surface area contributed by atoms with Crippen molar-refractivity contribution in [2.24, 2.45) is 0 Å². The molecule has 0 radical (unpaired) electrons. The smallest absolute Gasteiger partial charge is 0.157 e. The molecule has 0 bridgehead atoms. The SMILES string of the molecule is O=CCOc1c(Cl)cc(Cl)cc1Cl. The number of aldehydes is 1. The summed E-state index contributed by atoms with van der Waals surface area (Å²) >= 11 is 17.2. The molecule has 0 unspecified atom stereocenters. The van der Waals surface area contributed by atoms with Crippen LogP contribution in [0, 0.1) is 0 Å². The third kappa shape index (κ3) is 2.76. The maximum absolute atomic E-state index is 10.0. The lowest BCUT2D eigenvalue weighted by atomic mass is 10.3. The Morgan fingerprint density at radius 3 is 2.23 bits per heavy atom. The van der Waals surface area contributed by atoms with E-state index >= 15 is 0 Å². The highest BCUT2D eigenvalue weighted by molar-refractivity contribution is 6.40. The summed E-state index contributed by atoms with van der Waals surface area (Å²) in [7, 11) is 0. The van der Waals surface area contributed by atoms with Crippen LogP contribution in [0.1, 0.15) is 0 Å². The van der Waals surface area contributed by atoms with Crippen LogP contribution in [0.3, 0.4) is 0 Å². The van der Waals surface area contributed by atoms with Crippen LogP contribution in [-0.2, 0) is 4.79 Å². The summed E-state index contributed by atoms with van der Waals surface area (Å²) < 4.78 is 4.98. The summed E-state index contributed by atoms with van der Waals surface area (Å²) in [5, 5.41) is 1.01. The van der Waals surface area contributed by atoms with Gasteiger partial charge in [-0.3, -0.25) is 4.79 Å². The van der Waals surface area contributed by atoms with Gasteiger partial charge >= 0.3 is 0 Å². The molecular formula is C8H5Cl3O2. The Morgan fingerprint density at radius 1 is 1.23 bits per heavy atom. The normalized spacial score (nSPS) is 9.77. The van der Waals surface area contributed by atoms with Gasteiger partial charge in [0.25, 0.3) is 0 Å². The van der Waals surface area contributed by atoms with Gasteiger partial charge in [-0.2, -0.15) is 0 Å². The lowest BCUT2D eigenvalue weighted by Crippen LogP contribution is -1.98. The van der Waals surface area contributed by atoms with E-state index in [1.165, 1.54) is 12.1 Å². The Kier molecular flexibility index (Phi) is 3.85. The molecule has 0 aliphatic heterocycles. The number of halogens is 3. The minimum Gasteiger partial charge on any atom is -0.483 e. The predicted octanol–water partition coefficient (Wildman–Crippen LogP) is 3.22. The van der Waals surface area contributed by atoms with E-state index in [1.807, 2.05) is 0 Å². The number of carbonyl (C=O) groups is 1. The fourth-order valence-electron chi connectivity index (χ4n) is 0.784. The fourth-order valence-corrected chi connectivity index (χ4v) is 1.71. The summed E-state index contributed by atoms with van der Waals surface area (Å²) in [5.74, 6) is 0.278. The maximum Gasteiger partial charge on any atom is 0.157 e. The second-order valence-corrected chi connectivity index (χ2v) is 3.43. The van der Waals surface area contributed by atoms with E-state index in [9.17, 15) is 4.79 Å². The van der Waals surface area contributed by atoms with Gasteiger partial charge in [0.15, 0.2) is 12.0 Å². The Hall–Kier alpha value is -0.440. The molecule has 5 heteroatoms. The molecule has 0 heterocycles. The van der Waals surface area contributed by atoms with Gasteiger partial charge in [0.05, 0.1) is 10.0 Å². The molecule has 0 aliphatic carbocycles. The van der Waals surface area contributed by atoms with Gasteiger partial charge in [-0.25, -0.2) is 0 Å². The van der Waals surface area contributed by atoms with Crippen molar-refractivity contribution in [3.8, 4) is 5.75 Å². The first-order valence-electron chi connectivity index (χ1n) is 3.36. The Morgan fingerprint density at radius 2 is 1.77 bits per heavy atom. The summed E-state index contributed by atoms with van der Waals surface area (Å²) in [5.41, 5.74) is 0. The van der Waals surface area contributed by atoms with E-state index in [0.717, 1.165) is 0 Å². The van der Waals surface area contributed by atoms with Crippen LogP contribution in [0.4, 0.5) is 0 Å². The van der Waals surface area contributed by atoms with Gasteiger partial charge in [0.1, 0.15) is 6.61 Å². The van der Waals surface area contributed by atoms with E-state index in [-0.39, 0.29) is 12.4 Å². The first-order chi connectivity index (χ1) is 6.15. The number of benzene rings is 1. The highest BCUT2D eigenvalue weighted by Crippen LogP contribution is 2.35. The van der Waals surface area contributed by atoms with Crippen LogP contribution >= 0.6 is 34.8 Å². The summed E-state index contributed by atoms with van der Waals surface area (Å²) in [4.78, 5) is 10.0. The van der Waals surface area contributed by atoms with E-state index in [2.05, 4.69) is 0 Å². The molecule has 0 spiro atoms. The van der Waals surface area contributed by atoms with E-state index in [0.29, 0.717) is 21.4 Å². The molecule has 2 nitrogen and oxygen atoms in total. The Balaban J connectivity index is 2.98. The van der Waals surface area contributed by atoms with E-state index < -0.39 is 0 Å². The van der Waals surface area contributed by atoms with Gasteiger partial charge in [0, 0.05) is 5.02 Å². The quantitative estimate of drug-likeness (QED) is 0.757. The average Bonchev–Trinajstić information content (AvgIpc) is 2.02. The molecule has 0 saturated carbocycles. The van der Waals surface area contributed by atoms with Crippen LogP contribution < -0.4 is 4.74 Å². The third-order valence-corrected chi connectivity index (χ3v) is 2.04. The number of rotatable bonds is 3. The van der Waals surface area contributed by atoms with Gasteiger partial charge in [-0.15, -0.1) is 0 Å². The molecule has 1 aromatic rings. The van der Waals surface area contributed by atoms with Crippen molar-refractivity contribution in [2.45, 2.75) is 0 Å². The number of hydrogen-bond acceptors (Lipinski definition) is 2. The average molecular weight is 239 g/mol. The molecular weight excluding hydrogens is 234 g/mol. The third-order valence-electron chi connectivity index (χ3n) is 1.26. The maximum atomic E-state index is 10.0. The first kappa shape index (κ1) is 10.6. The predicted molar refractivity (Wildman–Crippen MR) is 53.0 cm³/mol. The zero-order valence-electron chi connectivity index (χ0n) is 6.39. The number of ether oxygens (including phenoxy) is 1. The molecule has 1 aromatic carbocycles. The zero-order chi connectivity index (χ0) is 9.84. The molecule has 70 valence electrons. The molecule has 13 heavy (non-hydrogen) atoms. The second kappa shape index (κ2) is 4.70. The summed E-state index contributed by atoms with van der Waals surface area (Å²) in [6.07, 6.45) is 0.612. The summed E-state index contributed by atoms with van der Waals surface area (Å²) in [6, 6.07) is 2.99. The first-order valence-corrected chi connectivity index (χ1v) is 4.49. The van der Waals surface area contributed by atoms with Crippen LogP contribution in [-0.4, -0.2) is 12.9 Å². The van der Waals surface area contributed by atoms with E-state index in [4.69, 9.17) is 39.5 Å². The van der Waals surface area contributed by atoms with Crippen molar-refractivity contribution in [3.05, 3.63) is 27.2 Å². The largest absolute Gasteiger partial charge is 0.483 e. The Labute approximate surface area is 90.3 Å². The number of carbonyl (C=O) groups excluding carboxylic acids is 1. The van der Waals surface area contributed by atoms with Gasteiger partial charge in [0.2, 0.25) is 0 Å². The lowest BCUT2D eigenvalue weighted by molar-refractivity contribution is -0.109. The second-order valence-electron chi connectivity index (χ2n) is 2.18. The molecule has 0 aliphatic rings. The Bertz CT molecular complexity index is 302. The molecule has 0 aromatic heterocycles. The molecule has 0 amide bonds. The van der Waals surface area contributed by atoms with Crippen molar-refractivity contribution in [3.63, 3.8) is 0 Å². The van der Waals surface area contributed by atoms with Gasteiger partial charge in [-0.05, 0) is 12.1 Å². The number of hydrogen-bond donors (Lipinski definition) is 0. The minimum absolute atomic E-state index is 0.0823. The molecule has 0 fully saturated rings. The van der Waals surface area contributed by atoms with Crippen LogP contribution in [0.5, 0.6) is 5.75 Å². The monoisotopic (exact) mass is 238 g/mol. The van der Waals surface area contributed by atoms with Crippen LogP contribution in [0.2, 0.25) is 15.1 Å². The molecule has 0 atom stereocenters. The zero-order valence-corrected chi connectivity index (χ0v) is 8.66. The van der Waals surface area contributed by atoms with Gasteiger partial charge < -0.3 is 4.74 Å². The van der Waals surface area contributed by atoms with Crippen molar-refractivity contribution in [1.29, 1.82) is 0 Å². The van der Waals surface area contributed by atoms with Crippen molar-refractivity contribution in [1.82, 2.24) is 0 Å². The highest BCUT2D eigenvalue weighted by atomic mass is 35.5. The van der Waals surface area contributed by atoms with Crippen LogP contribution in [0.15, 0.2) is 12.1 Å². The standard InChI is InChI=1S/C8H5Cl3O2/c9-5-3-6(10)8(7(11)4-5)13-2-1-12/h1,3-4H,2H2. The fraction of sp³-hybridized carbons (Fsp3) is 0.125. The molecule has 0 N–H and O–H groups in total.